The van der Waals surface area contributed by atoms with Crippen LogP contribution in [0, 0.1) is 0 Å². The molecule has 0 aliphatic rings. The number of hydrazone groups is 1. The molecular formula is C23H18N4O2. The molecule has 0 saturated heterocycles. The summed E-state index contributed by atoms with van der Waals surface area (Å²) in [6.07, 6.45) is 1.45. The van der Waals surface area contributed by atoms with Gasteiger partial charge in [0.05, 0.1) is 17.4 Å². The highest BCUT2D eigenvalue weighted by atomic mass is 16.3. The molecule has 1 aromatic heterocycles. The van der Waals surface area contributed by atoms with Gasteiger partial charge in [0, 0.05) is 17.0 Å². The Morgan fingerprint density at radius 3 is 2.48 bits per heavy atom. The molecule has 4 aromatic rings. The quantitative estimate of drug-likeness (QED) is 0.278. The van der Waals surface area contributed by atoms with Gasteiger partial charge in [0.2, 0.25) is 0 Å². The van der Waals surface area contributed by atoms with E-state index in [9.17, 15) is 10.2 Å². The number of aromatic hydroxyl groups is 2. The number of nitrogens with one attached hydrogen (secondary N) is 1. The molecule has 0 aliphatic carbocycles. The number of hydrogen-bond donors (Lipinski definition) is 3. The van der Waals surface area contributed by atoms with Crippen molar-refractivity contribution in [1.29, 1.82) is 0 Å². The lowest BCUT2D eigenvalue weighted by Crippen LogP contribution is -2.20. The number of phenolic OH excluding ortho intramolecular Hbond substituents is 2. The molecule has 0 radical (unpaired) electrons. The van der Waals surface area contributed by atoms with E-state index in [1.54, 1.807) is 6.07 Å². The van der Waals surface area contributed by atoms with E-state index in [0.29, 0.717) is 17.1 Å². The van der Waals surface area contributed by atoms with E-state index in [0.717, 1.165) is 16.6 Å². The molecule has 4 rings (SSSR count). The summed E-state index contributed by atoms with van der Waals surface area (Å²) in [6, 6.07) is 25.5. The van der Waals surface area contributed by atoms with E-state index in [4.69, 9.17) is 0 Å². The van der Waals surface area contributed by atoms with E-state index in [2.05, 4.69) is 20.5 Å². The van der Waals surface area contributed by atoms with Crippen LogP contribution in [0.5, 0.6) is 11.5 Å². The van der Waals surface area contributed by atoms with Crippen molar-refractivity contribution in [2.75, 3.05) is 0 Å². The Kier molecular flexibility index (Phi) is 5.16. The zero-order valence-corrected chi connectivity index (χ0v) is 15.4. The summed E-state index contributed by atoms with van der Waals surface area (Å²) >= 11 is 0. The largest absolute Gasteiger partial charge is 0.508 e. The smallest absolute Gasteiger partial charge is 0.173 e. The summed E-state index contributed by atoms with van der Waals surface area (Å²) < 4.78 is 0. The highest BCUT2D eigenvalue weighted by molar-refractivity contribution is 6.00. The Balaban J connectivity index is 1.68. The summed E-state index contributed by atoms with van der Waals surface area (Å²) in [5.41, 5.74) is 5.63. The minimum atomic E-state index is -0.0686. The Hall–Kier alpha value is -4.19. The molecule has 0 spiro atoms. The fourth-order valence-corrected chi connectivity index (χ4v) is 2.77. The number of rotatable bonds is 4. The van der Waals surface area contributed by atoms with Crippen LogP contribution in [0.2, 0.25) is 0 Å². The Bertz CT molecular complexity index is 1200. The average molecular weight is 382 g/mol. The standard InChI is InChI=1S/C23H18N4O2/c28-19-12-10-17(22(29)14-19)15-24-27-23(25-18-7-2-1-3-8-18)21-13-11-16-6-4-5-9-20(16)26-21/h1-15,28-29H,(H,25,27). The first-order valence-corrected chi connectivity index (χ1v) is 9.00. The van der Waals surface area contributed by atoms with Crippen molar-refractivity contribution in [1.82, 2.24) is 10.4 Å². The van der Waals surface area contributed by atoms with Gasteiger partial charge in [-0.25, -0.2) is 9.98 Å². The van der Waals surface area contributed by atoms with Crippen LogP contribution in [-0.2, 0) is 0 Å². The first-order chi connectivity index (χ1) is 14.2. The monoisotopic (exact) mass is 382 g/mol. The van der Waals surface area contributed by atoms with Crippen molar-refractivity contribution in [3.63, 3.8) is 0 Å². The lowest BCUT2D eigenvalue weighted by Gasteiger charge is -2.07. The molecule has 3 N–H and O–H groups in total. The first kappa shape index (κ1) is 18.2. The number of benzene rings is 3. The van der Waals surface area contributed by atoms with Crippen molar-refractivity contribution in [3.8, 4) is 11.5 Å². The number of nitrogens with zero attached hydrogens (tertiary/aromatic N) is 3. The van der Waals surface area contributed by atoms with Crippen LogP contribution in [-0.4, -0.2) is 27.2 Å². The van der Waals surface area contributed by atoms with Crippen LogP contribution >= 0.6 is 0 Å². The van der Waals surface area contributed by atoms with Gasteiger partial charge in [0.25, 0.3) is 0 Å². The third-order valence-corrected chi connectivity index (χ3v) is 4.23. The molecule has 6 heteroatoms. The van der Waals surface area contributed by atoms with Gasteiger partial charge in [-0.1, -0.05) is 42.5 Å². The minimum Gasteiger partial charge on any atom is -0.508 e. The van der Waals surface area contributed by atoms with E-state index < -0.39 is 0 Å². The van der Waals surface area contributed by atoms with Gasteiger partial charge in [0.15, 0.2) is 5.84 Å². The predicted molar refractivity (Wildman–Crippen MR) is 115 cm³/mol. The minimum absolute atomic E-state index is 0.0145. The van der Waals surface area contributed by atoms with Crippen molar-refractivity contribution in [3.05, 3.63) is 96.2 Å². The van der Waals surface area contributed by atoms with E-state index in [1.807, 2.05) is 66.7 Å². The topological polar surface area (TPSA) is 90.1 Å². The summed E-state index contributed by atoms with van der Waals surface area (Å²) in [6.45, 7) is 0. The third-order valence-electron chi connectivity index (χ3n) is 4.23. The molecular weight excluding hydrogens is 364 g/mol. The van der Waals surface area contributed by atoms with Crippen molar-refractivity contribution in [2.45, 2.75) is 0 Å². The zero-order valence-electron chi connectivity index (χ0n) is 15.4. The fourth-order valence-electron chi connectivity index (χ4n) is 2.77. The van der Waals surface area contributed by atoms with Gasteiger partial charge < -0.3 is 10.2 Å². The number of para-hydroxylation sites is 2. The molecule has 0 bridgehead atoms. The molecule has 0 amide bonds. The van der Waals surface area contributed by atoms with Gasteiger partial charge in [-0.2, -0.15) is 5.10 Å². The summed E-state index contributed by atoms with van der Waals surface area (Å²) in [5.74, 6) is 0.386. The molecule has 142 valence electrons. The number of hydrogen-bond acceptors (Lipinski definition) is 5. The SMILES string of the molecule is Oc1ccc(C=NNC(=Nc2ccccc2)c2ccc3ccccc3n2)c(O)c1. The summed E-state index contributed by atoms with van der Waals surface area (Å²) in [7, 11) is 0. The number of pyridine rings is 1. The molecule has 6 nitrogen and oxygen atoms in total. The van der Waals surface area contributed by atoms with Crippen LogP contribution in [0.25, 0.3) is 10.9 Å². The lowest BCUT2D eigenvalue weighted by molar-refractivity contribution is 0.450. The number of aliphatic imine (C=N–C) groups is 1. The van der Waals surface area contributed by atoms with Crippen LogP contribution in [0.3, 0.4) is 0 Å². The van der Waals surface area contributed by atoms with Crippen LogP contribution in [0.4, 0.5) is 5.69 Å². The number of aromatic nitrogens is 1. The zero-order chi connectivity index (χ0) is 20.1. The maximum Gasteiger partial charge on any atom is 0.173 e. The highest BCUT2D eigenvalue weighted by Gasteiger charge is 2.07. The van der Waals surface area contributed by atoms with Gasteiger partial charge >= 0.3 is 0 Å². The second kappa shape index (κ2) is 8.22. The fraction of sp³-hybridized carbons (Fsp3) is 0. The Morgan fingerprint density at radius 1 is 0.862 bits per heavy atom. The van der Waals surface area contributed by atoms with Crippen molar-refractivity contribution < 1.29 is 10.2 Å². The number of phenols is 2. The van der Waals surface area contributed by atoms with E-state index >= 15 is 0 Å². The molecule has 29 heavy (non-hydrogen) atoms. The summed E-state index contributed by atoms with van der Waals surface area (Å²) in [4.78, 5) is 9.31. The molecule has 3 aromatic carbocycles. The molecule has 0 fully saturated rings. The van der Waals surface area contributed by atoms with E-state index in [1.165, 1.54) is 18.3 Å². The van der Waals surface area contributed by atoms with E-state index in [-0.39, 0.29) is 11.5 Å². The van der Waals surface area contributed by atoms with Crippen LogP contribution in [0.1, 0.15) is 11.3 Å². The van der Waals surface area contributed by atoms with Crippen molar-refractivity contribution in [2.24, 2.45) is 10.1 Å². The maximum absolute atomic E-state index is 9.91. The number of amidine groups is 1. The Labute approximate surface area is 167 Å². The highest BCUT2D eigenvalue weighted by Crippen LogP contribution is 2.21. The second-order valence-electron chi connectivity index (χ2n) is 6.30. The lowest BCUT2D eigenvalue weighted by atomic mass is 10.2. The molecule has 0 saturated carbocycles. The van der Waals surface area contributed by atoms with Gasteiger partial charge in [-0.05, 0) is 36.4 Å². The number of fused-ring (bicyclic) bond motifs is 1. The molecule has 0 unspecified atom stereocenters. The Morgan fingerprint density at radius 2 is 1.66 bits per heavy atom. The van der Waals surface area contributed by atoms with Gasteiger partial charge in [-0.15, -0.1) is 0 Å². The van der Waals surface area contributed by atoms with Crippen molar-refractivity contribution >= 4 is 28.6 Å². The van der Waals surface area contributed by atoms with Crippen LogP contribution < -0.4 is 5.43 Å². The van der Waals surface area contributed by atoms with Gasteiger partial charge in [-0.3, -0.25) is 5.43 Å². The average Bonchev–Trinajstić information content (AvgIpc) is 2.75. The third kappa shape index (κ3) is 4.39. The predicted octanol–water partition coefficient (Wildman–Crippen LogP) is 4.35. The van der Waals surface area contributed by atoms with Gasteiger partial charge in [0.1, 0.15) is 17.2 Å². The normalized spacial score (nSPS) is 11.8. The molecule has 0 atom stereocenters. The second-order valence-corrected chi connectivity index (χ2v) is 6.30. The molecule has 1 heterocycles. The summed E-state index contributed by atoms with van der Waals surface area (Å²) in [5, 5.41) is 24.5. The molecule has 0 aliphatic heterocycles. The maximum atomic E-state index is 9.91. The first-order valence-electron chi connectivity index (χ1n) is 9.00. The van der Waals surface area contributed by atoms with Crippen LogP contribution in [0.15, 0.2) is 95.0 Å².